The third-order valence-electron chi connectivity index (χ3n) is 4.37. The molecule has 8 nitrogen and oxygen atoms in total. The number of aromatic nitrogens is 1. The molecule has 0 amide bonds. The Morgan fingerprint density at radius 3 is 2.62 bits per heavy atom. The van der Waals surface area contributed by atoms with Gasteiger partial charge in [0.05, 0.1) is 18.6 Å². The fraction of sp³-hybridized carbons (Fsp3) is 0.300. The van der Waals surface area contributed by atoms with Crippen LogP contribution in [-0.2, 0) is 26.0 Å². The number of methoxy groups -OCH3 is 2. The molecule has 0 spiro atoms. The lowest BCUT2D eigenvalue weighted by molar-refractivity contribution is 0.0594. The van der Waals surface area contributed by atoms with E-state index in [1.165, 1.54) is 11.4 Å². The van der Waals surface area contributed by atoms with E-state index in [-0.39, 0.29) is 29.6 Å². The molecule has 0 N–H and O–H groups in total. The van der Waals surface area contributed by atoms with Crippen LogP contribution in [0.15, 0.2) is 58.0 Å². The van der Waals surface area contributed by atoms with Crippen LogP contribution in [0.2, 0.25) is 0 Å². The molecule has 0 saturated carbocycles. The first-order chi connectivity index (χ1) is 14.0. The van der Waals surface area contributed by atoms with Crippen molar-refractivity contribution in [1.29, 1.82) is 0 Å². The Kier molecular flexibility index (Phi) is 6.63. The molecule has 0 aliphatic carbocycles. The molecule has 0 bridgehead atoms. The van der Waals surface area contributed by atoms with E-state index in [2.05, 4.69) is 9.72 Å². The van der Waals surface area contributed by atoms with Crippen molar-refractivity contribution in [2.24, 2.45) is 0 Å². The van der Waals surface area contributed by atoms with E-state index in [1.807, 2.05) is 24.3 Å². The maximum Gasteiger partial charge on any atom is 0.360 e. The topological polar surface area (TPSA) is 98.9 Å². The van der Waals surface area contributed by atoms with Gasteiger partial charge in [0.2, 0.25) is 15.9 Å². The van der Waals surface area contributed by atoms with Gasteiger partial charge in [0.15, 0.2) is 5.69 Å². The third-order valence-corrected chi connectivity index (χ3v) is 6.21. The smallest absolute Gasteiger partial charge is 0.360 e. The van der Waals surface area contributed by atoms with Gasteiger partial charge in [-0.05, 0) is 29.3 Å². The minimum Gasteiger partial charge on any atom is -0.464 e. The number of fused-ring (bicyclic) bond motifs is 1. The predicted octanol–water partition coefficient (Wildman–Crippen LogP) is 2.84. The molecule has 0 radical (unpaired) electrons. The Labute approximate surface area is 169 Å². The van der Waals surface area contributed by atoms with E-state index in [0.717, 1.165) is 17.0 Å². The van der Waals surface area contributed by atoms with E-state index in [9.17, 15) is 13.2 Å². The Bertz CT molecular complexity index is 1090. The molecule has 0 aliphatic rings. The van der Waals surface area contributed by atoms with Gasteiger partial charge in [0, 0.05) is 20.3 Å². The van der Waals surface area contributed by atoms with Gasteiger partial charge in [-0.3, -0.25) is 0 Å². The first-order valence-electron chi connectivity index (χ1n) is 8.96. The Morgan fingerprint density at radius 2 is 1.90 bits per heavy atom. The van der Waals surface area contributed by atoms with Crippen LogP contribution >= 0.6 is 0 Å². The van der Waals surface area contributed by atoms with Crippen LogP contribution in [0.1, 0.15) is 22.8 Å². The van der Waals surface area contributed by atoms with Gasteiger partial charge in [0.1, 0.15) is 6.26 Å². The van der Waals surface area contributed by atoms with Crippen molar-refractivity contribution in [2.75, 3.05) is 27.4 Å². The summed E-state index contributed by atoms with van der Waals surface area (Å²) in [5.74, 6) is -0.546. The average Bonchev–Trinajstić information content (AvgIpc) is 3.21. The molecule has 3 rings (SSSR count). The van der Waals surface area contributed by atoms with Crippen molar-refractivity contribution in [1.82, 2.24) is 9.29 Å². The summed E-state index contributed by atoms with van der Waals surface area (Å²) in [4.78, 5) is 15.8. The Morgan fingerprint density at radius 1 is 1.14 bits per heavy atom. The van der Waals surface area contributed by atoms with Gasteiger partial charge < -0.3 is 13.9 Å². The number of ether oxygens (including phenoxy) is 2. The monoisotopic (exact) mass is 418 g/mol. The van der Waals surface area contributed by atoms with Gasteiger partial charge in [-0.1, -0.05) is 30.3 Å². The number of benzene rings is 2. The lowest BCUT2D eigenvalue weighted by Gasteiger charge is -2.21. The van der Waals surface area contributed by atoms with E-state index in [1.54, 1.807) is 25.3 Å². The largest absolute Gasteiger partial charge is 0.464 e. The molecule has 3 aromatic rings. The molecule has 0 unspecified atom stereocenters. The van der Waals surface area contributed by atoms with Gasteiger partial charge >= 0.3 is 5.97 Å². The maximum atomic E-state index is 13.3. The normalized spacial score (nSPS) is 11.8. The predicted molar refractivity (Wildman–Crippen MR) is 106 cm³/mol. The van der Waals surface area contributed by atoms with Gasteiger partial charge in [0.25, 0.3) is 0 Å². The zero-order chi connectivity index (χ0) is 20.9. The van der Waals surface area contributed by atoms with E-state index < -0.39 is 16.0 Å². The average molecular weight is 418 g/mol. The fourth-order valence-corrected chi connectivity index (χ4v) is 4.34. The second-order valence-electron chi connectivity index (χ2n) is 6.31. The SMILES string of the molecule is COCCCN(Cc1nc(C(=O)OC)co1)S(=O)(=O)c1ccc2ccccc2c1. The second kappa shape index (κ2) is 9.17. The molecule has 0 atom stereocenters. The van der Waals surface area contributed by atoms with E-state index in [4.69, 9.17) is 9.15 Å². The van der Waals surface area contributed by atoms with E-state index >= 15 is 0 Å². The molecule has 0 saturated heterocycles. The summed E-state index contributed by atoms with van der Waals surface area (Å²) in [6, 6.07) is 12.5. The highest BCUT2D eigenvalue weighted by atomic mass is 32.2. The molecule has 1 heterocycles. The number of esters is 1. The lowest BCUT2D eigenvalue weighted by Crippen LogP contribution is -2.32. The Hall–Kier alpha value is -2.75. The first kappa shape index (κ1) is 21.0. The second-order valence-corrected chi connectivity index (χ2v) is 8.25. The highest BCUT2D eigenvalue weighted by Crippen LogP contribution is 2.23. The first-order valence-corrected chi connectivity index (χ1v) is 10.4. The van der Waals surface area contributed by atoms with Crippen molar-refractivity contribution < 1.29 is 27.1 Å². The van der Waals surface area contributed by atoms with Crippen molar-refractivity contribution in [3.63, 3.8) is 0 Å². The van der Waals surface area contributed by atoms with Gasteiger partial charge in [-0.2, -0.15) is 4.31 Å². The number of oxazole rings is 1. The molecule has 29 heavy (non-hydrogen) atoms. The minimum absolute atomic E-state index is 0.0116. The highest BCUT2D eigenvalue weighted by molar-refractivity contribution is 7.89. The molecular formula is C20H22N2O6S. The Balaban J connectivity index is 1.91. The van der Waals surface area contributed by atoms with E-state index in [0.29, 0.717) is 13.0 Å². The molecule has 9 heteroatoms. The van der Waals surface area contributed by atoms with Gasteiger partial charge in [-0.25, -0.2) is 18.2 Å². The number of hydrogen-bond donors (Lipinski definition) is 0. The molecule has 0 aliphatic heterocycles. The number of sulfonamides is 1. The summed E-state index contributed by atoms with van der Waals surface area (Å²) in [7, 11) is -1.04. The highest BCUT2D eigenvalue weighted by Gasteiger charge is 2.27. The summed E-state index contributed by atoms with van der Waals surface area (Å²) in [5.41, 5.74) is -0.0116. The maximum absolute atomic E-state index is 13.3. The zero-order valence-corrected chi connectivity index (χ0v) is 17.0. The number of hydrogen-bond acceptors (Lipinski definition) is 7. The summed E-state index contributed by atoms with van der Waals surface area (Å²) < 4.78 is 42.8. The van der Waals surface area contributed by atoms with Crippen LogP contribution in [0.4, 0.5) is 0 Å². The van der Waals surface area contributed by atoms with Crippen molar-refractivity contribution >= 4 is 26.8 Å². The minimum atomic E-state index is -3.83. The summed E-state index contributed by atoms with van der Waals surface area (Å²) in [6.07, 6.45) is 1.64. The van der Waals surface area contributed by atoms with Crippen LogP contribution in [0.3, 0.4) is 0 Å². The molecule has 1 aromatic heterocycles. The molecular weight excluding hydrogens is 396 g/mol. The van der Waals surface area contributed by atoms with Crippen molar-refractivity contribution in [3.05, 3.63) is 60.3 Å². The van der Waals surface area contributed by atoms with Crippen LogP contribution in [0, 0.1) is 0 Å². The summed E-state index contributed by atoms with van der Waals surface area (Å²) in [6.45, 7) is 0.498. The number of rotatable bonds is 9. The van der Waals surface area contributed by atoms with Crippen LogP contribution < -0.4 is 0 Å². The zero-order valence-electron chi connectivity index (χ0n) is 16.2. The molecule has 2 aromatic carbocycles. The van der Waals surface area contributed by atoms with Crippen LogP contribution in [-0.4, -0.2) is 51.0 Å². The third kappa shape index (κ3) is 4.81. The number of nitrogens with zero attached hydrogens (tertiary/aromatic N) is 2. The molecule has 154 valence electrons. The lowest BCUT2D eigenvalue weighted by atomic mass is 10.1. The molecule has 0 fully saturated rings. The summed E-state index contributed by atoms with van der Waals surface area (Å²) in [5, 5.41) is 1.78. The quantitative estimate of drug-likeness (QED) is 0.389. The number of carbonyl (C=O) groups is 1. The summed E-state index contributed by atoms with van der Waals surface area (Å²) >= 11 is 0. The number of carbonyl (C=O) groups excluding carboxylic acids is 1. The van der Waals surface area contributed by atoms with Crippen molar-refractivity contribution in [3.8, 4) is 0 Å². The van der Waals surface area contributed by atoms with Crippen molar-refractivity contribution in [2.45, 2.75) is 17.9 Å². The van der Waals surface area contributed by atoms with Crippen LogP contribution in [0.25, 0.3) is 10.8 Å². The standard InChI is InChI=1S/C20H22N2O6S/c1-26-11-5-10-22(13-19-21-18(14-28-19)20(23)27-2)29(24,25)17-9-8-15-6-3-4-7-16(15)12-17/h3-4,6-9,12,14H,5,10-11,13H2,1-2H3. The van der Waals surface area contributed by atoms with Gasteiger partial charge in [-0.15, -0.1) is 0 Å². The van der Waals surface area contributed by atoms with Crippen LogP contribution in [0.5, 0.6) is 0 Å². The fourth-order valence-electron chi connectivity index (χ4n) is 2.88.